The number of anilines is 1. The van der Waals surface area contributed by atoms with Crippen LogP contribution in [-0.4, -0.2) is 13.4 Å². The molecular formula is C8H8F3IN2O. The maximum atomic E-state index is 12.0. The van der Waals surface area contributed by atoms with Crippen molar-refractivity contribution >= 4 is 28.3 Å². The van der Waals surface area contributed by atoms with Crippen LogP contribution in [0.25, 0.3) is 0 Å². The first kappa shape index (κ1) is 12.4. The maximum Gasteiger partial charge on any atom is 0.573 e. The number of rotatable bonds is 2. The quantitative estimate of drug-likeness (QED) is 0.514. The minimum absolute atomic E-state index is 0.252. The van der Waals surface area contributed by atoms with Crippen LogP contribution in [0.3, 0.4) is 0 Å². The van der Waals surface area contributed by atoms with Gasteiger partial charge in [0.25, 0.3) is 0 Å². The molecule has 0 saturated heterocycles. The summed E-state index contributed by atoms with van der Waals surface area (Å²) in [6, 6.07) is 4.29. The lowest BCUT2D eigenvalue weighted by Gasteiger charge is -2.17. The van der Waals surface area contributed by atoms with Crippen molar-refractivity contribution in [1.29, 1.82) is 0 Å². The lowest BCUT2D eigenvalue weighted by molar-refractivity contribution is -0.274. The van der Waals surface area contributed by atoms with Gasteiger partial charge in [-0.2, -0.15) is 0 Å². The van der Waals surface area contributed by atoms with E-state index in [1.807, 2.05) is 0 Å². The van der Waals surface area contributed by atoms with Gasteiger partial charge in [0, 0.05) is 7.05 Å². The SMILES string of the molecule is CN(N)c1cccc(OC(F)(F)F)c1I. The van der Waals surface area contributed by atoms with Crippen LogP contribution in [0.15, 0.2) is 18.2 Å². The van der Waals surface area contributed by atoms with Gasteiger partial charge in [-0.15, -0.1) is 13.2 Å². The molecule has 2 N–H and O–H groups in total. The van der Waals surface area contributed by atoms with Crippen LogP contribution in [-0.2, 0) is 0 Å². The lowest BCUT2D eigenvalue weighted by atomic mass is 10.3. The van der Waals surface area contributed by atoms with E-state index in [4.69, 9.17) is 5.84 Å². The number of hydrogen-bond acceptors (Lipinski definition) is 3. The van der Waals surface area contributed by atoms with Crippen molar-refractivity contribution in [2.24, 2.45) is 5.84 Å². The zero-order valence-electron chi connectivity index (χ0n) is 7.68. The van der Waals surface area contributed by atoms with Crippen LogP contribution < -0.4 is 15.6 Å². The molecule has 15 heavy (non-hydrogen) atoms. The number of nitrogens with two attached hydrogens (primary N) is 1. The second-order valence-electron chi connectivity index (χ2n) is 2.75. The van der Waals surface area contributed by atoms with Crippen LogP contribution in [0.1, 0.15) is 0 Å². The Kier molecular flexibility index (Phi) is 3.66. The maximum absolute atomic E-state index is 12.0. The Bertz CT molecular complexity index is 354. The Balaban J connectivity index is 3.05. The fourth-order valence-electron chi connectivity index (χ4n) is 0.975. The highest BCUT2D eigenvalue weighted by Crippen LogP contribution is 2.32. The van der Waals surface area contributed by atoms with E-state index in [1.54, 1.807) is 28.7 Å². The summed E-state index contributed by atoms with van der Waals surface area (Å²) in [4.78, 5) is 0. The molecule has 84 valence electrons. The van der Waals surface area contributed by atoms with E-state index in [9.17, 15) is 13.2 Å². The molecule has 0 aliphatic heterocycles. The van der Waals surface area contributed by atoms with Crippen LogP contribution >= 0.6 is 22.6 Å². The Morgan fingerprint density at radius 1 is 1.40 bits per heavy atom. The molecule has 0 fully saturated rings. The van der Waals surface area contributed by atoms with E-state index in [0.29, 0.717) is 9.26 Å². The van der Waals surface area contributed by atoms with Crippen molar-refractivity contribution < 1.29 is 17.9 Å². The number of ether oxygens (including phenoxy) is 1. The Morgan fingerprint density at radius 2 is 2.00 bits per heavy atom. The van der Waals surface area contributed by atoms with E-state index in [-0.39, 0.29) is 5.75 Å². The Labute approximate surface area is 98.1 Å². The van der Waals surface area contributed by atoms with Gasteiger partial charge in [0.15, 0.2) is 0 Å². The average Bonchev–Trinajstić information content (AvgIpc) is 2.05. The summed E-state index contributed by atoms with van der Waals surface area (Å²) in [6.45, 7) is 0. The third kappa shape index (κ3) is 3.42. The topological polar surface area (TPSA) is 38.5 Å². The predicted octanol–water partition coefficient (Wildman–Crippen LogP) is 2.50. The molecular weight excluding hydrogens is 324 g/mol. The summed E-state index contributed by atoms with van der Waals surface area (Å²) in [7, 11) is 1.54. The molecule has 0 aliphatic carbocycles. The van der Waals surface area contributed by atoms with E-state index < -0.39 is 6.36 Å². The van der Waals surface area contributed by atoms with Gasteiger partial charge in [-0.25, -0.2) is 5.84 Å². The molecule has 3 nitrogen and oxygen atoms in total. The molecule has 1 aromatic carbocycles. The minimum atomic E-state index is -4.69. The Hall–Kier alpha value is -0.700. The van der Waals surface area contributed by atoms with Gasteiger partial charge < -0.3 is 9.75 Å². The summed E-state index contributed by atoms with van der Waals surface area (Å²) in [5.41, 5.74) is 0.470. The number of nitrogens with zero attached hydrogens (tertiary/aromatic N) is 1. The number of hydrazine groups is 1. The van der Waals surface area contributed by atoms with Gasteiger partial charge in [-0.1, -0.05) is 6.07 Å². The molecule has 0 saturated carbocycles. The van der Waals surface area contributed by atoms with E-state index in [0.717, 1.165) is 0 Å². The molecule has 0 spiro atoms. The zero-order valence-corrected chi connectivity index (χ0v) is 9.83. The van der Waals surface area contributed by atoms with Gasteiger partial charge in [-0.05, 0) is 34.7 Å². The van der Waals surface area contributed by atoms with Crippen molar-refractivity contribution in [2.45, 2.75) is 6.36 Å². The molecule has 0 aromatic heterocycles. The lowest BCUT2D eigenvalue weighted by Crippen LogP contribution is -2.26. The molecule has 1 rings (SSSR count). The normalized spacial score (nSPS) is 11.3. The molecule has 0 bridgehead atoms. The summed E-state index contributed by atoms with van der Waals surface area (Å²) in [6.07, 6.45) is -4.69. The fraction of sp³-hybridized carbons (Fsp3) is 0.250. The molecule has 1 aromatic rings. The standard InChI is InChI=1S/C8H8F3IN2O/c1-14(13)5-3-2-4-6(7(5)12)15-8(9,10)11/h2-4H,13H2,1H3. The van der Waals surface area contributed by atoms with Crippen LogP contribution in [0.4, 0.5) is 18.9 Å². The van der Waals surface area contributed by atoms with Crippen LogP contribution in [0, 0.1) is 3.57 Å². The highest BCUT2D eigenvalue weighted by Gasteiger charge is 2.32. The third-order valence-electron chi connectivity index (χ3n) is 1.55. The molecule has 0 atom stereocenters. The zero-order chi connectivity index (χ0) is 11.6. The highest BCUT2D eigenvalue weighted by molar-refractivity contribution is 14.1. The van der Waals surface area contributed by atoms with Gasteiger partial charge in [0.2, 0.25) is 0 Å². The number of alkyl halides is 3. The van der Waals surface area contributed by atoms with Crippen molar-refractivity contribution in [2.75, 3.05) is 12.1 Å². The first-order chi connectivity index (χ1) is 6.81. The van der Waals surface area contributed by atoms with Crippen LogP contribution in [0.5, 0.6) is 5.75 Å². The molecule has 0 unspecified atom stereocenters. The first-order valence-corrected chi connectivity index (χ1v) is 4.92. The largest absolute Gasteiger partial charge is 0.573 e. The van der Waals surface area contributed by atoms with Gasteiger partial charge >= 0.3 is 6.36 Å². The Morgan fingerprint density at radius 3 is 2.47 bits per heavy atom. The molecule has 0 aliphatic rings. The summed E-state index contributed by atoms with van der Waals surface area (Å²) in [5.74, 6) is 5.19. The van der Waals surface area contributed by atoms with E-state index in [1.165, 1.54) is 24.2 Å². The van der Waals surface area contributed by atoms with Crippen molar-refractivity contribution in [3.8, 4) is 5.75 Å². The molecule has 0 amide bonds. The second-order valence-corrected chi connectivity index (χ2v) is 3.83. The van der Waals surface area contributed by atoms with Crippen molar-refractivity contribution in [3.63, 3.8) is 0 Å². The predicted molar refractivity (Wildman–Crippen MR) is 58.4 cm³/mol. The third-order valence-corrected chi connectivity index (χ3v) is 2.63. The smallest absolute Gasteiger partial charge is 0.405 e. The van der Waals surface area contributed by atoms with Gasteiger partial charge in [0.1, 0.15) is 5.75 Å². The first-order valence-electron chi connectivity index (χ1n) is 3.84. The van der Waals surface area contributed by atoms with Gasteiger partial charge in [0.05, 0.1) is 9.26 Å². The van der Waals surface area contributed by atoms with E-state index in [2.05, 4.69) is 4.74 Å². The van der Waals surface area contributed by atoms with Gasteiger partial charge in [-0.3, -0.25) is 0 Å². The summed E-state index contributed by atoms with van der Waals surface area (Å²) in [5, 5.41) is 1.23. The minimum Gasteiger partial charge on any atom is -0.405 e. The highest BCUT2D eigenvalue weighted by atomic mass is 127. The number of hydrogen-bond donors (Lipinski definition) is 1. The number of halogens is 4. The van der Waals surface area contributed by atoms with Crippen molar-refractivity contribution in [3.05, 3.63) is 21.8 Å². The second kappa shape index (κ2) is 4.44. The van der Waals surface area contributed by atoms with E-state index >= 15 is 0 Å². The van der Waals surface area contributed by atoms with Crippen molar-refractivity contribution in [1.82, 2.24) is 0 Å². The molecule has 7 heteroatoms. The molecule has 0 heterocycles. The summed E-state index contributed by atoms with van der Waals surface area (Å²) < 4.78 is 40.1. The number of benzene rings is 1. The monoisotopic (exact) mass is 332 g/mol. The fourth-order valence-corrected chi connectivity index (χ4v) is 1.83. The molecule has 0 radical (unpaired) electrons. The summed E-state index contributed by atoms with van der Waals surface area (Å²) >= 11 is 1.75. The average molecular weight is 332 g/mol. The van der Waals surface area contributed by atoms with Crippen LogP contribution in [0.2, 0.25) is 0 Å².